The van der Waals surface area contributed by atoms with Crippen LogP contribution in [0, 0.1) is 11.8 Å². The van der Waals surface area contributed by atoms with Crippen molar-refractivity contribution in [3.8, 4) is 5.75 Å². The molecule has 0 saturated heterocycles. The third-order valence-corrected chi connectivity index (χ3v) is 10.8. The molecule has 0 bridgehead atoms. The summed E-state index contributed by atoms with van der Waals surface area (Å²) >= 11 is 0. The molecular weight excluding hydrogens is 663 g/mol. The highest BCUT2D eigenvalue weighted by atomic mass is 32.2. The predicted octanol–water partition coefficient (Wildman–Crippen LogP) is 6.69. The highest BCUT2D eigenvalue weighted by Crippen LogP contribution is 2.30. The fourth-order valence-electron chi connectivity index (χ4n) is 6.37. The van der Waals surface area contributed by atoms with Crippen molar-refractivity contribution in [3.63, 3.8) is 0 Å². The van der Waals surface area contributed by atoms with Crippen molar-refractivity contribution in [1.29, 1.82) is 0 Å². The van der Waals surface area contributed by atoms with E-state index in [1.54, 1.807) is 18.2 Å². The lowest BCUT2D eigenvalue weighted by molar-refractivity contribution is -0.120. The molecule has 278 valence electrons. The molecule has 51 heavy (non-hydrogen) atoms. The van der Waals surface area contributed by atoms with Gasteiger partial charge in [-0.1, -0.05) is 63.4 Å². The van der Waals surface area contributed by atoms with E-state index in [0.717, 1.165) is 80.7 Å². The highest BCUT2D eigenvalue weighted by Gasteiger charge is 2.29. The Balaban J connectivity index is 1.49. The molecule has 0 spiro atoms. The maximum absolute atomic E-state index is 13.9. The van der Waals surface area contributed by atoms with E-state index in [2.05, 4.69) is 60.1 Å². The second-order valence-corrected chi connectivity index (χ2v) is 16.0. The Labute approximate surface area is 305 Å². The summed E-state index contributed by atoms with van der Waals surface area (Å²) in [6.07, 6.45) is 6.73. The Bertz CT molecular complexity index is 1640. The number of anilines is 2. The van der Waals surface area contributed by atoms with Crippen LogP contribution in [0.2, 0.25) is 0 Å². The summed E-state index contributed by atoms with van der Waals surface area (Å²) in [7, 11) is 2.15. The lowest BCUT2D eigenvalue weighted by Crippen LogP contribution is -2.45. The number of carbonyl (C=O) groups excluding carboxylic acids is 2. The van der Waals surface area contributed by atoms with Gasteiger partial charge in [-0.3, -0.25) is 9.59 Å². The molecule has 3 N–H and O–H groups in total. The number of hydrogen-bond donors (Lipinski definition) is 3. The topological polar surface area (TPSA) is 120 Å². The largest absolute Gasteiger partial charge is 0.494 e. The first-order valence-corrected chi connectivity index (χ1v) is 19.8. The number of nitrogens with zero attached hydrogens (tertiary/aromatic N) is 2. The van der Waals surface area contributed by atoms with Gasteiger partial charge in [0.1, 0.15) is 5.75 Å². The van der Waals surface area contributed by atoms with Crippen LogP contribution in [0.1, 0.15) is 81.1 Å². The average Bonchev–Trinajstić information content (AvgIpc) is 3.12. The molecule has 1 unspecified atom stereocenters. The van der Waals surface area contributed by atoms with Gasteiger partial charge in [0.05, 0.1) is 22.9 Å². The predicted molar refractivity (Wildman–Crippen MR) is 206 cm³/mol. The van der Waals surface area contributed by atoms with E-state index in [1.165, 1.54) is 12.1 Å². The van der Waals surface area contributed by atoms with E-state index in [9.17, 15) is 18.0 Å². The van der Waals surface area contributed by atoms with Gasteiger partial charge in [-0.2, -0.15) is 0 Å². The maximum Gasteiger partial charge on any atom is 0.264 e. The van der Waals surface area contributed by atoms with Crippen LogP contribution in [0.25, 0.3) is 0 Å². The first-order chi connectivity index (χ1) is 24.4. The molecule has 11 heteroatoms. The standard InChI is InChI=1S/C40H57N5O5S/c1-30(2)23-25-45(5)38-22-19-33(27-37(38)41-29-31-17-20-34(21-18-31)50-26-12-24-44(3)4)40(47)42-36(32-13-8-6-9-14-32)28-39(46)43-51(48,49)35-15-10-7-11-16-35/h7,10-11,15-22,27,30,32,36,41H,6,8-9,12-14,23-26,28-29H2,1-5H3,(H,42,47)(H,43,46). The molecule has 1 fully saturated rings. The van der Waals surface area contributed by atoms with Gasteiger partial charge in [-0.15, -0.1) is 0 Å². The van der Waals surface area contributed by atoms with Crippen molar-refractivity contribution in [2.45, 2.75) is 82.7 Å². The molecule has 10 nitrogen and oxygen atoms in total. The Morgan fingerprint density at radius 1 is 0.902 bits per heavy atom. The van der Waals surface area contributed by atoms with Crippen LogP contribution >= 0.6 is 0 Å². The van der Waals surface area contributed by atoms with Crippen LogP contribution in [0.15, 0.2) is 77.7 Å². The monoisotopic (exact) mass is 719 g/mol. The fourth-order valence-corrected chi connectivity index (χ4v) is 7.39. The van der Waals surface area contributed by atoms with E-state index in [4.69, 9.17) is 4.74 Å². The quantitative estimate of drug-likeness (QED) is 0.117. The zero-order chi connectivity index (χ0) is 36.8. The lowest BCUT2D eigenvalue weighted by Gasteiger charge is -2.31. The molecule has 1 atom stereocenters. The summed E-state index contributed by atoms with van der Waals surface area (Å²) in [5, 5.41) is 6.70. The molecule has 1 saturated carbocycles. The molecular formula is C40H57N5O5S. The maximum atomic E-state index is 13.9. The highest BCUT2D eigenvalue weighted by molar-refractivity contribution is 7.90. The van der Waals surface area contributed by atoms with Crippen molar-refractivity contribution >= 4 is 33.2 Å². The van der Waals surface area contributed by atoms with Gasteiger partial charge < -0.3 is 25.2 Å². The van der Waals surface area contributed by atoms with Gasteiger partial charge in [-0.05, 0) is 99.6 Å². The zero-order valence-corrected chi connectivity index (χ0v) is 31.8. The van der Waals surface area contributed by atoms with Crippen LogP contribution in [0.3, 0.4) is 0 Å². The number of nitrogens with one attached hydrogen (secondary N) is 3. The van der Waals surface area contributed by atoms with E-state index < -0.39 is 22.0 Å². The van der Waals surface area contributed by atoms with Crippen LogP contribution < -0.4 is 25.0 Å². The third kappa shape index (κ3) is 12.9. The van der Waals surface area contributed by atoms with Gasteiger partial charge in [0.15, 0.2) is 0 Å². The number of ether oxygens (including phenoxy) is 1. The summed E-state index contributed by atoms with van der Waals surface area (Å²) in [6, 6.07) is 21.1. The molecule has 0 aromatic heterocycles. The number of amides is 2. The van der Waals surface area contributed by atoms with E-state index in [1.807, 2.05) is 42.5 Å². The fraction of sp³-hybridized carbons (Fsp3) is 0.500. The lowest BCUT2D eigenvalue weighted by atomic mass is 9.82. The molecule has 3 aromatic carbocycles. The van der Waals surface area contributed by atoms with E-state index >= 15 is 0 Å². The second kappa shape index (κ2) is 19.5. The number of hydrogen-bond acceptors (Lipinski definition) is 8. The van der Waals surface area contributed by atoms with Gasteiger partial charge in [-0.25, -0.2) is 13.1 Å². The Hall–Kier alpha value is -4.09. The molecule has 0 aliphatic heterocycles. The van der Waals surface area contributed by atoms with Gasteiger partial charge >= 0.3 is 0 Å². The van der Waals surface area contributed by atoms with Crippen LogP contribution in [0.4, 0.5) is 11.4 Å². The molecule has 0 heterocycles. The number of sulfonamides is 1. The normalized spacial score (nSPS) is 14.3. The number of benzene rings is 3. The summed E-state index contributed by atoms with van der Waals surface area (Å²) in [6.45, 7) is 7.46. The zero-order valence-electron chi connectivity index (χ0n) is 31.0. The molecule has 1 aliphatic rings. The van der Waals surface area contributed by atoms with Gasteiger partial charge in [0.25, 0.3) is 15.9 Å². The minimum absolute atomic E-state index is 0.0231. The van der Waals surface area contributed by atoms with Crippen molar-refractivity contribution in [2.75, 3.05) is 51.1 Å². The van der Waals surface area contributed by atoms with Crippen molar-refractivity contribution in [2.24, 2.45) is 11.8 Å². The summed E-state index contributed by atoms with van der Waals surface area (Å²) < 4.78 is 33.9. The van der Waals surface area contributed by atoms with Crippen LogP contribution in [0.5, 0.6) is 5.75 Å². The number of carbonyl (C=O) groups is 2. The Kier molecular flexibility index (Phi) is 15.2. The molecule has 0 radical (unpaired) electrons. The Morgan fingerprint density at radius 2 is 1.61 bits per heavy atom. The van der Waals surface area contributed by atoms with Crippen molar-refractivity contribution in [1.82, 2.24) is 14.9 Å². The number of rotatable bonds is 19. The minimum Gasteiger partial charge on any atom is -0.494 e. The third-order valence-electron chi connectivity index (χ3n) is 9.38. The first kappa shape index (κ1) is 39.7. The molecule has 4 rings (SSSR count). The van der Waals surface area contributed by atoms with E-state index in [0.29, 0.717) is 24.6 Å². The SMILES string of the molecule is CC(C)CCN(C)c1ccc(C(=O)NC(CC(=O)NS(=O)(=O)c2ccccc2)C2CCCCC2)cc1NCc1ccc(OCCCN(C)C)cc1. The average molecular weight is 720 g/mol. The minimum atomic E-state index is -4.02. The van der Waals surface area contributed by atoms with Crippen molar-refractivity contribution in [3.05, 3.63) is 83.9 Å². The summed E-state index contributed by atoms with van der Waals surface area (Å²) in [4.78, 5) is 31.4. The molecule has 1 aliphatic carbocycles. The van der Waals surface area contributed by atoms with Gasteiger partial charge in [0.2, 0.25) is 5.91 Å². The van der Waals surface area contributed by atoms with Crippen molar-refractivity contribution < 1.29 is 22.7 Å². The van der Waals surface area contributed by atoms with Gasteiger partial charge in [0, 0.05) is 44.7 Å². The smallest absolute Gasteiger partial charge is 0.264 e. The van der Waals surface area contributed by atoms with Crippen LogP contribution in [-0.2, 0) is 21.4 Å². The summed E-state index contributed by atoms with van der Waals surface area (Å²) in [5.74, 6) is 0.536. The molecule has 3 aromatic rings. The van der Waals surface area contributed by atoms with Crippen LogP contribution in [-0.4, -0.2) is 72.0 Å². The van der Waals surface area contributed by atoms with E-state index in [-0.39, 0.29) is 23.1 Å². The second-order valence-electron chi connectivity index (χ2n) is 14.4. The summed E-state index contributed by atoms with van der Waals surface area (Å²) in [5.41, 5.74) is 3.37. The molecule has 2 amide bonds. The Morgan fingerprint density at radius 3 is 2.27 bits per heavy atom. The first-order valence-electron chi connectivity index (χ1n) is 18.3.